The number of hydrogen-bond acceptors (Lipinski definition) is 6. The van der Waals surface area contributed by atoms with Crippen molar-refractivity contribution in [1.29, 1.82) is 0 Å². The van der Waals surface area contributed by atoms with E-state index in [-0.39, 0.29) is 16.5 Å². The van der Waals surface area contributed by atoms with Gasteiger partial charge in [-0.15, -0.1) is 9.19 Å². The first kappa shape index (κ1) is 13.7. The molecule has 0 spiro atoms. The molecule has 1 heterocycles. The summed E-state index contributed by atoms with van der Waals surface area (Å²) in [6.07, 6.45) is 3.12. The van der Waals surface area contributed by atoms with Gasteiger partial charge >= 0.3 is 0 Å². The number of nitrogens with zero attached hydrogens (tertiary/aromatic N) is 4. The van der Waals surface area contributed by atoms with E-state index in [0.29, 0.717) is 11.4 Å². The molecule has 1 saturated carbocycles. The van der Waals surface area contributed by atoms with Crippen LogP contribution in [-0.2, 0) is 10.0 Å². The van der Waals surface area contributed by atoms with Crippen LogP contribution in [0.5, 0.6) is 0 Å². The zero-order valence-electron chi connectivity index (χ0n) is 11.1. The Labute approximate surface area is 120 Å². The van der Waals surface area contributed by atoms with Gasteiger partial charge in [0.25, 0.3) is 15.7 Å². The van der Waals surface area contributed by atoms with E-state index in [1.807, 2.05) is 0 Å². The van der Waals surface area contributed by atoms with Crippen molar-refractivity contribution in [3.8, 4) is 0 Å². The van der Waals surface area contributed by atoms with Crippen LogP contribution in [-0.4, -0.2) is 27.5 Å². The standard InChI is InChI=1S/C12H12N4O4S/c1-8-6-10(16(17)18)4-5-11(8)21(19,20)15-7-13-12(14-15)9-2-3-9/h4-7,9H,2-3H2,1H3. The van der Waals surface area contributed by atoms with Crippen molar-refractivity contribution in [3.05, 3.63) is 46.0 Å². The zero-order chi connectivity index (χ0) is 15.2. The highest BCUT2D eigenvalue weighted by Crippen LogP contribution is 2.37. The molecular weight excluding hydrogens is 296 g/mol. The van der Waals surface area contributed by atoms with Crippen LogP contribution in [0.4, 0.5) is 5.69 Å². The third-order valence-electron chi connectivity index (χ3n) is 3.33. The van der Waals surface area contributed by atoms with Crippen molar-refractivity contribution in [2.24, 2.45) is 0 Å². The summed E-state index contributed by atoms with van der Waals surface area (Å²) in [5, 5.41) is 14.7. The molecule has 1 aliphatic carbocycles. The van der Waals surface area contributed by atoms with E-state index in [0.717, 1.165) is 16.9 Å². The molecule has 110 valence electrons. The molecule has 0 atom stereocenters. The van der Waals surface area contributed by atoms with Gasteiger partial charge in [-0.3, -0.25) is 10.1 Å². The first-order valence-corrected chi connectivity index (χ1v) is 7.76. The summed E-state index contributed by atoms with van der Waals surface area (Å²) in [6.45, 7) is 1.51. The second-order valence-corrected chi connectivity index (χ2v) is 6.73. The molecule has 0 N–H and O–H groups in total. The highest BCUT2D eigenvalue weighted by molar-refractivity contribution is 7.89. The predicted octanol–water partition coefficient (Wildman–Crippen LogP) is 1.61. The lowest BCUT2D eigenvalue weighted by Gasteiger charge is -2.06. The first-order valence-electron chi connectivity index (χ1n) is 6.32. The van der Waals surface area contributed by atoms with Crippen LogP contribution in [0.2, 0.25) is 0 Å². The van der Waals surface area contributed by atoms with E-state index in [2.05, 4.69) is 10.1 Å². The van der Waals surface area contributed by atoms with Crippen LogP contribution in [0.15, 0.2) is 29.4 Å². The average Bonchev–Trinajstić information content (AvgIpc) is 3.15. The smallest absolute Gasteiger partial charge is 0.258 e. The van der Waals surface area contributed by atoms with Gasteiger partial charge in [-0.1, -0.05) is 0 Å². The van der Waals surface area contributed by atoms with E-state index < -0.39 is 14.9 Å². The topological polar surface area (TPSA) is 108 Å². The van der Waals surface area contributed by atoms with Crippen molar-refractivity contribution >= 4 is 15.7 Å². The fraction of sp³-hybridized carbons (Fsp3) is 0.333. The van der Waals surface area contributed by atoms with Gasteiger partial charge < -0.3 is 0 Å². The van der Waals surface area contributed by atoms with Gasteiger partial charge in [-0.05, 0) is 31.4 Å². The molecule has 0 bridgehead atoms. The summed E-state index contributed by atoms with van der Waals surface area (Å²) in [7, 11) is -3.88. The molecule has 0 aliphatic heterocycles. The fourth-order valence-electron chi connectivity index (χ4n) is 2.04. The summed E-state index contributed by atoms with van der Waals surface area (Å²) in [6, 6.07) is 3.62. The molecule has 1 aromatic heterocycles. The minimum absolute atomic E-state index is 0.0136. The monoisotopic (exact) mass is 308 g/mol. The molecule has 3 rings (SSSR count). The molecule has 8 nitrogen and oxygen atoms in total. The highest BCUT2D eigenvalue weighted by atomic mass is 32.2. The van der Waals surface area contributed by atoms with Gasteiger partial charge in [0.05, 0.1) is 9.82 Å². The number of rotatable bonds is 4. The third-order valence-corrected chi connectivity index (χ3v) is 5.01. The number of hydrogen-bond donors (Lipinski definition) is 0. The Balaban J connectivity index is 2.02. The number of non-ortho nitro benzene ring substituents is 1. The predicted molar refractivity (Wildman–Crippen MR) is 72.4 cm³/mol. The fourth-order valence-corrected chi connectivity index (χ4v) is 3.31. The van der Waals surface area contributed by atoms with Gasteiger partial charge in [0.2, 0.25) is 0 Å². The molecule has 21 heavy (non-hydrogen) atoms. The van der Waals surface area contributed by atoms with Crippen LogP contribution in [0, 0.1) is 17.0 Å². The Morgan fingerprint density at radius 1 is 1.38 bits per heavy atom. The van der Waals surface area contributed by atoms with Crippen molar-refractivity contribution in [1.82, 2.24) is 14.2 Å². The lowest BCUT2D eigenvalue weighted by molar-refractivity contribution is -0.385. The van der Waals surface area contributed by atoms with Crippen LogP contribution in [0.3, 0.4) is 0 Å². The maximum absolute atomic E-state index is 12.5. The minimum atomic E-state index is -3.88. The van der Waals surface area contributed by atoms with E-state index >= 15 is 0 Å². The van der Waals surface area contributed by atoms with E-state index in [1.165, 1.54) is 31.5 Å². The Morgan fingerprint density at radius 2 is 2.10 bits per heavy atom. The number of benzene rings is 1. The molecule has 0 radical (unpaired) electrons. The lowest BCUT2D eigenvalue weighted by atomic mass is 10.2. The van der Waals surface area contributed by atoms with Crippen molar-refractivity contribution in [2.75, 3.05) is 0 Å². The maximum Gasteiger partial charge on any atom is 0.284 e. The van der Waals surface area contributed by atoms with Crippen molar-refractivity contribution in [3.63, 3.8) is 0 Å². The van der Waals surface area contributed by atoms with Crippen LogP contribution in [0.25, 0.3) is 0 Å². The molecule has 9 heteroatoms. The quantitative estimate of drug-likeness (QED) is 0.627. The Bertz CT molecular complexity index is 824. The number of aromatic nitrogens is 3. The van der Waals surface area contributed by atoms with Gasteiger partial charge in [0.1, 0.15) is 6.33 Å². The second-order valence-electron chi connectivity index (χ2n) is 4.96. The molecule has 0 amide bonds. The lowest BCUT2D eigenvalue weighted by Crippen LogP contribution is -2.15. The van der Waals surface area contributed by atoms with Crippen molar-refractivity contribution < 1.29 is 13.3 Å². The van der Waals surface area contributed by atoms with Crippen LogP contribution >= 0.6 is 0 Å². The third kappa shape index (κ3) is 2.40. The summed E-state index contributed by atoms with van der Waals surface area (Å²) in [5.74, 6) is 0.776. The highest BCUT2D eigenvalue weighted by Gasteiger charge is 2.30. The number of nitro groups is 1. The molecule has 0 saturated heterocycles. The van der Waals surface area contributed by atoms with Crippen LogP contribution in [0.1, 0.15) is 30.1 Å². The van der Waals surface area contributed by atoms with Gasteiger partial charge in [0, 0.05) is 18.1 Å². The normalized spacial score (nSPS) is 15.1. The molecule has 1 aromatic carbocycles. The van der Waals surface area contributed by atoms with Gasteiger partial charge in [-0.25, -0.2) is 4.98 Å². The summed E-state index contributed by atoms with van der Waals surface area (Å²) in [5.41, 5.74) is 0.149. The average molecular weight is 308 g/mol. The summed E-state index contributed by atoms with van der Waals surface area (Å²) < 4.78 is 25.8. The number of aryl methyl sites for hydroxylation is 1. The van der Waals surface area contributed by atoms with E-state index in [4.69, 9.17) is 0 Å². The van der Waals surface area contributed by atoms with E-state index in [1.54, 1.807) is 0 Å². The van der Waals surface area contributed by atoms with Gasteiger partial charge in [0.15, 0.2) is 5.82 Å². The molecule has 2 aromatic rings. The van der Waals surface area contributed by atoms with Crippen molar-refractivity contribution in [2.45, 2.75) is 30.6 Å². The largest absolute Gasteiger partial charge is 0.284 e. The summed E-state index contributed by atoms with van der Waals surface area (Å²) in [4.78, 5) is 14.1. The molecule has 1 aliphatic rings. The summed E-state index contributed by atoms with van der Waals surface area (Å²) >= 11 is 0. The zero-order valence-corrected chi connectivity index (χ0v) is 11.9. The maximum atomic E-state index is 12.5. The molecule has 0 unspecified atom stereocenters. The molecule has 1 fully saturated rings. The first-order chi connectivity index (χ1) is 9.89. The van der Waals surface area contributed by atoms with Gasteiger partial charge in [-0.2, -0.15) is 8.42 Å². The second kappa shape index (κ2) is 4.62. The number of nitro benzene ring substituents is 1. The SMILES string of the molecule is Cc1cc([N+](=O)[O-])ccc1S(=O)(=O)n1cnc(C2CC2)n1. The Hall–Kier alpha value is -2.29. The van der Waals surface area contributed by atoms with Crippen LogP contribution < -0.4 is 0 Å². The van der Waals surface area contributed by atoms with E-state index in [9.17, 15) is 18.5 Å². The Kier molecular flexibility index (Phi) is 3.01. The molecular formula is C12H12N4O4S. The minimum Gasteiger partial charge on any atom is -0.258 e. The Morgan fingerprint density at radius 3 is 2.67 bits per heavy atom.